The van der Waals surface area contributed by atoms with E-state index in [4.69, 9.17) is 10.1 Å². The van der Waals surface area contributed by atoms with Crippen molar-refractivity contribution in [1.29, 1.82) is 0 Å². The summed E-state index contributed by atoms with van der Waals surface area (Å²) in [6.45, 7) is 4.86. The van der Waals surface area contributed by atoms with Crippen LogP contribution < -0.4 is 10.2 Å². The van der Waals surface area contributed by atoms with Crippen molar-refractivity contribution in [2.24, 2.45) is 0 Å². The minimum absolute atomic E-state index is 0.399. The molecule has 5 rings (SSSR count). The van der Waals surface area contributed by atoms with E-state index in [1.807, 2.05) is 28.8 Å². The Labute approximate surface area is 167 Å². The van der Waals surface area contributed by atoms with Crippen LogP contribution in [0.15, 0.2) is 55.1 Å². The van der Waals surface area contributed by atoms with E-state index in [1.165, 1.54) is 12.3 Å². The maximum atomic E-state index is 13.9. The summed E-state index contributed by atoms with van der Waals surface area (Å²) in [7, 11) is 0. The van der Waals surface area contributed by atoms with Gasteiger partial charge in [0.05, 0.1) is 6.20 Å². The van der Waals surface area contributed by atoms with Crippen molar-refractivity contribution < 1.29 is 4.39 Å². The van der Waals surface area contributed by atoms with Gasteiger partial charge in [-0.3, -0.25) is 9.97 Å². The Balaban J connectivity index is 1.71. The lowest BCUT2D eigenvalue weighted by Gasteiger charge is -2.32. The third-order valence-corrected chi connectivity index (χ3v) is 5.09. The molecule has 1 fully saturated rings. The van der Waals surface area contributed by atoms with Crippen molar-refractivity contribution in [3.63, 3.8) is 0 Å². The van der Waals surface area contributed by atoms with Crippen LogP contribution in [0, 0.1) is 5.82 Å². The molecule has 146 valence electrons. The van der Waals surface area contributed by atoms with Gasteiger partial charge in [-0.2, -0.15) is 0 Å². The fraction of sp³-hybridized carbons (Fsp3) is 0.238. The average Bonchev–Trinajstić information content (AvgIpc) is 3.13. The van der Waals surface area contributed by atoms with E-state index in [9.17, 15) is 4.39 Å². The minimum Gasteiger partial charge on any atom is -0.352 e. The molecule has 29 heavy (non-hydrogen) atoms. The predicted octanol–water partition coefficient (Wildman–Crippen LogP) is 2.79. The van der Waals surface area contributed by atoms with Gasteiger partial charge < -0.3 is 10.2 Å². The molecule has 0 aromatic carbocycles. The van der Waals surface area contributed by atoms with Crippen molar-refractivity contribution in [3.8, 4) is 22.5 Å². The minimum atomic E-state index is -0.399. The Morgan fingerprint density at radius 2 is 1.93 bits per heavy atom. The molecule has 0 amide bonds. The van der Waals surface area contributed by atoms with Gasteiger partial charge in [-0.1, -0.05) is 0 Å². The maximum absolute atomic E-state index is 13.9. The number of aromatic nitrogens is 5. The average molecular weight is 389 g/mol. The normalized spacial score (nSPS) is 17.0. The summed E-state index contributed by atoms with van der Waals surface area (Å²) in [6, 6.07) is 9.60. The first-order valence-corrected chi connectivity index (χ1v) is 9.58. The summed E-state index contributed by atoms with van der Waals surface area (Å²) >= 11 is 0. The van der Waals surface area contributed by atoms with E-state index >= 15 is 0 Å². The predicted molar refractivity (Wildman–Crippen MR) is 109 cm³/mol. The summed E-state index contributed by atoms with van der Waals surface area (Å²) < 4.78 is 15.7. The molecule has 1 atom stereocenters. The Morgan fingerprint density at radius 1 is 1.07 bits per heavy atom. The molecular formula is C21H20FN7. The Kier molecular flexibility index (Phi) is 4.40. The van der Waals surface area contributed by atoms with E-state index < -0.39 is 5.82 Å². The summed E-state index contributed by atoms with van der Waals surface area (Å²) in [5.74, 6) is 0.492. The second-order valence-electron chi connectivity index (χ2n) is 7.20. The lowest BCUT2D eigenvalue weighted by atomic mass is 10.1. The highest BCUT2D eigenvalue weighted by Crippen LogP contribution is 2.32. The molecular weight excluding hydrogens is 369 g/mol. The zero-order chi connectivity index (χ0) is 19.8. The number of hydrogen-bond acceptors (Lipinski definition) is 6. The zero-order valence-electron chi connectivity index (χ0n) is 16.0. The van der Waals surface area contributed by atoms with Crippen LogP contribution in [0.5, 0.6) is 0 Å². The lowest BCUT2D eigenvalue weighted by Crippen LogP contribution is -2.49. The summed E-state index contributed by atoms with van der Waals surface area (Å²) in [6.07, 6.45) is 6.26. The molecule has 1 saturated heterocycles. The Hall–Kier alpha value is -3.39. The fourth-order valence-electron chi connectivity index (χ4n) is 3.74. The molecule has 0 spiro atoms. The summed E-state index contributed by atoms with van der Waals surface area (Å²) in [4.78, 5) is 15.1. The van der Waals surface area contributed by atoms with Crippen LogP contribution in [0.2, 0.25) is 0 Å². The van der Waals surface area contributed by atoms with Gasteiger partial charge in [0.15, 0.2) is 5.65 Å². The SMILES string of the molecule is C[C@H]1CN(c2ccc3nc(-c4cncc(F)c4)c(-c4ccncc4)n3n2)CCN1. The van der Waals surface area contributed by atoms with Gasteiger partial charge in [-0.05, 0) is 37.3 Å². The molecule has 0 unspecified atom stereocenters. The number of nitrogens with one attached hydrogen (secondary N) is 1. The molecule has 1 aliphatic rings. The standard InChI is InChI=1S/C21H20FN7/c1-14-13-28(9-8-25-14)19-3-2-18-26-20(16-10-17(22)12-24-11-16)21(29(18)27-19)15-4-6-23-7-5-15/h2-7,10-12,14,25H,8-9,13H2,1H3/t14-/m0/s1. The van der Waals surface area contributed by atoms with Gasteiger partial charge in [-0.25, -0.2) is 13.9 Å². The number of fused-ring (bicyclic) bond motifs is 1. The van der Waals surface area contributed by atoms with Gasteiger partial charge in [0, 0.05) is 55.4 Å². The third kappa shape index (κ3) is 3.31. The second-order valence-corrected chi connectivity index (χ2v) is 7.20. The molecule has 7 nitrogen and oxygen atoms in total. The topological polar surface area (TPSA) is 71.2 Å². The second kappa shape index (κ2) is 7.21. The van der Waals surface area contributed by atoms with Crippen molar-refractivity contribution in [3.05, 3.63) is 60.9 Å². The number of pyridine rings is 2. The van der Waals surface area contributed by atoms with Crippen LogP contribution in [0.25, 0.3) is 28.2 Å². The highest BCUT2D eigenvalue weighted by Gasteiger charge is 2.21. The first-order chi connectivity index (χ1) is 14.2. The fourth-order valence-corrected chi connectivity index (χ4v) is 3.74. The number of anilines is 1. The molecule has 1 N–H and O–H groups in total. The van der Waals surface area contributed by atoms with Gasteiger partial charge in [0.2, 0.25) is 0 Å². The van der Waals surface area contributed by atoms with Crippen LogP contribution in [0.1, 0.15) is 6.92 Å². The van der Waals surface area contributed by atoms with E-state index in [-0.39, 0.29) is 0 Å². The van der Waals surface area contributed by atoms with Crippen molar-refractivity contribution in [1.82, 2.24) is 29.9 Å². The Bertz CT molecular complexity index is 1160. The number of imidazole rings is 1. The van der Waals surface area contributed by atoms with Crippen LogP contribution in [0.3, 0.4) is 0 Å². The van der Waals surface area contributed by atoms with Gasteiger partial charge >= 0.3 is 0 Å². The van der Waals surface area contributed by atoms with E-state index in [0.29, 0.717) is 22.9 Å². The van der Waals surface area contributed by atoms with E-state index in [1.54, 1.807) is 18.6 Å². The molecule has 1 aliphatic heterocycles. The number of nitrogens with zero attached hydrogens (tertiary/aromatic N) is 6. The smallest absolute Gasteiger partial charge is 0.155 e. The quantitative estimate of drug-likeness (QED) is 0.581. The summed E-state index contributed by atoms with van der Waals surface area (Å²) in [5.41, 5.74) is 3.65. The highest BCUT2D eigenvalue weighted by atomic mass is 19.1. The molecule has 5 heterocycles. The molecule has 4 aromatic heterocycles. The Morgan fingerprint density at radius 3 is 2.72 bits per heavy atom. The number of halogens is 1. The van der Waals surface area contributed by atoms with Gasteiger partial charge in [0.25, 0.3) is 0 Å². The molecule has 8 heteroatoms. The van der Waals surface area contributed by atoms with Crippen molar-refractivity contribution in [2.45, 2.75) is 13.0 Å². The largest absolute Gasteiger partial charge is 0.352 e. The van der Waals surface area contributed by atoms with Crippen molar-refractivity contribution >= 4 is 11.5 Å². The molecule has 0 bridgehead atoms. The number of hydrogen-bond donors (Lipinski definition) is 1. The van der Waals surface area contributed by atoms with Gasteiger partial charge in [0.1, 0.15) is 23.0 Å². The number of rotatable bonds is 3. The monoisotopic (exact) mass is 389 g/mol. The van der Waals surface area contributed by atoms with Crippen LogP contribution in [-0.2, 0) is 0 Å². The lowest BCUT2D eigenvalue weighted by molar-refractivity contribution is 0.481. The highest BCUT2D eigenvalue weighted by molar-refractivity contribution is 5.81. The third-order valence-electron chi connectivity index (χ3n) is 5.09. The van der Waals surface area contributed by atoms with Crippen LogP contribution in [-0.4, -0.2) is 50.2 Å². The first kappa shape index (κ1) is 17.7. The van der Waals surface area contributed by atoms with E-state index in [2.05, 4.69) is 27.1 Å². The van der Waals surface area contributed by atoms with Crippen LogP contribution >= 0.6 is 0 Å². The van der Waals surface area contributed by atoms with Gasteiger partial charge in [-0.15, -0.1) is 5.10 Å². The first-order valence-electron chi connectivity index (χ1n) is 9.58. The van der Waals surface area contributed by atoms with Crippen LogP contribution in [0.4, 0.5) is 10.2 Å². The van der Waals surface area contributed by atoms with Crippen molar-refractivity contribution in [2.75, 3.05) is 24.5 Å². The maximum Gasteiger partial charge on any atom is 0.155 e. The molecule has 0 radical (unpaired) electrons. The molecule has 0 aliphatic carbocycles. The number of piperazine rings is 1. The molecule has 4 aromatic rings. The summed E-state index contributed by atoms with van der Waals surface area (Å²) in [5, 5.41) is 8.35. The zero-order valence-corrected chi connectivity index (χ0v) is 16.0. The molecule has 0 saturated carbocycles. The van der Waals surface area contributed by atoms with E-state index in [0.717, 1.165) is 36.7 Å².